The average Bonchev–Trinajstić information content (AvgIpc) is 2.65. The summed E-state index contributed by atoms with van der Waals surface area (Å²) in [5, 5.41) is 1.97. The van der Waals surface area contributed by atoms with Crippen molar-refractivity contribution in [3.05, 3.63) is 27.6 Å². The zero-order valence-electron chi connectivity index (χ0n) is 9.43. The van der Waals surface area contributed by atoms with Crippen LogP contribution in [0.2, 0.25) is 0 Å². The second-order valence-corrected chi connectivity index (χ2v) is 5.02. The Labute approximate surface area is 97.7 Å². The fourth-order valence-corrected chi connectivity index (χ4v) is 2.55. The van der Waals surface area contributed by atoms with Gasteiger partial charge in [-0.25, -0.2) is 4.98 Å². The predicted octanol–water partition coefficient (Wildman–Crippen LogP) is 1.36. The summed E-state index contributed by atoms with van der Waals surface area (Å²) in [6, 6.07) is 0. The minimum Gasteiger partial charge on any atom is -0.330 e. The molecule has 2 rings (SSSR count). The molecule has 0 amide bonds. The number of fused-ring (bicyclic) bond motifs is 1. The Bertz CT molecular complexity index is 558. The van der Waals surface area contributed by atoms with Gasteiger partial charge in [0, 0.05) is 6.54 Å². The van der Waals surface area contributed by atoms with Crippen molar-refractivity contribution >= 4 is 21.6 Å². The topological polar surface area (TPSA) is 60.9 Å². The molecule has 0 fully saturated rings. The molecule has 0 saturated carbocycles. The highest BCUT2D eigenvalue weighted by Gasteiger charge is 2.09. The molecular weight excluding hydrogens is 222 g/mol. The molecule has 2 aromatic rings. The Hall–Kier alpha value is -1.20. The molecule has 0 aromatic carbocycles. The first kappa shape index (κ1) is 11.3. The van der Waals surface area contributed by atoms with Crippen LogP contribution in [0, 0.1) is 12.8 Å². The SMILES string of the molecule is Cc1csc2c(=O)n(CC(C)CN)cnc12. The number of hydrogen-bond donors (Lipinski definition) is 1. The van der Waals surface area contributed by atoms with Crippen molar-refractivity contribution in [3.63, 3.8) is 0 Å². The van der Waals surface area contributed by atoms with Crippen molar-refractivity contribution in [1.29, 1.82) is 0 Å². The summed E-state index contributed by atoms with van der Waals surface area (Å²) in [5.41, 5.74) is 7.49. The van der Waals surface area contributed by atoms with Crippen molar-refractivity contribution in [2.75, 3.05) is 6.54 Å². The smallest absolute Gasteiger partial charge is 0.271 e. The maximum Gasteiger partial charge on any atom is 0.271 e. The highest BCUT2D eigenvalue weighted by Crippen LogP contribution is 2.19. The minimum atomic E-state index is 0.0448. The van der Waals surface area contributed by atoms with Gasteiger partial charge in [-0.1, -0.05) is 6.92 Å². The van der Waals surface area contributed by atoms with Gasteiger partial charge < -0.3 is 5.73 Å². The van der Waals surface area contributed by atoms with Crippen LogP contribution >= 0.6 is 11.3 Å². The van der Waals surface area contributed by atoms with E-state index in [0.29, 0.717) is 13.1 Å². The van der Waals surface area contributed by atoms with Crippen molar-refractivity contribution in [2.24, 2.45) is 11.7 Å². The van der Waals surface area contributed by atoms with Gasteiger partial charge in [0.2, 0.25) is 0 Å². The van der Waals surface area contributed by atoms with Crippen LogP contribution in [-0.2, 0) is 6.54 Å². The van der Waals surface area contributed by atoms with E-state index in [1.807, 2.05) is 19.2 Å². The van der Waals surface area contributed by atoms with Crippen LogP contribution in [0.25, 0.3) is 10.2 Å². The van der Waals surface area contributed by atoms with E-state index >= 15 is 0 Å². The zero-order valence-corrected chi connectivity index (χ0v) is 10.3. The van der Waals surface area contributed by atoms with Crippen LogP contribution < -0.4 is 11.3 Å². The maximum absolute atomic E-state index is 12.1. The molecule has 0 bridgehead atoms. The third-order valence-corrected chi connectivity index (χ3v) is 3.71. The zero-order chi connectivity index (χ0) is 11.7. The summed E-state index contributed by atoms with van der Waals surface area (Å²) < 4.78 is 2.39. The van der Waals surface area contributed by atoms with Gasteiger partial charge in [0.05, 0.1) is 11.8 Å². The van der Waals surface area contributed by atoms with E-state index in [-0.39, 0.29) is 11.5 Å². The highest BCUT2D eigenvalue weighted by atomic mass is 32.1. The molecule has 0 spiro atoms. The van der Waals surface area contributed by atoms with Crippen molar-refractivity contribution in [2.45, 2.75) is 20.4 Å². The number of aryl methyl sites for hydroxylation is 1. The Morgan fingerprint density at radius 1 is 1.62 bits per heavy atom. The first-order chi connectivity index (χ1) is 7.63. The fourth-order valence-electron chi connectivity index (χ4n) is 1.60. The molecule has 2 N–H and O–H groups in total. The third-order valence-electron chi connectivity index (χ3n) is 2.63. The number of rotatable bonds is 3. The molecule has 2 aromatic heterocycles. The Balaban J connectivity index is 2.49. The van der Waals surface area contributed by atoms with Gasteiger partial charge in [0.1, 0.15) is 4.70 Å². The summed E-state index contributed by atoms with van der Waals surface area (Å²) in [4.78, 5) is 16.4. The van der Waals surface area contributed by atoms with Crippen LogP contribution in [0.5, 0.6) is 0 Å². The minimum absolute atomic E-state index is 0.0448. The molecule has 0 aliphatic heterocycles. The van der Waals surface area contributed by atoms with Gasteiger partial charge in [-0.15, -0.1) is 11.3 Å². The second-order valence-electron chi connectivity index (χ2n) is 4.14. The fraction of sp³-hybridized carbons (Fsp3) is 0.455. The molecule has 0 saturated heterocycles. The summed E-state index contributed by atoms with van der Waals surface area (Å²) >= 11 is 1.46. The van der Waals surface area contributed by atoms with Crippen molar-refractivity contribution < 1.29 is 0 Å². The first-order valence-corrected chi connectivity index (χ1v) is 6.14. The molecule has 0 aliphatic carbocycles. The number of nitrogens with two attached hydrogens (primary N) is 1. The lowest BCUT2D eigenvalue weighted by atomic mass is 10.2. The van der Waals surface area contributed by atoms with E-state index < -0.39 is 0 Å². The lowest BCUT2D eigenvalue weighted by molar-refractivity contribution is 0.480. The van der Waals surface area contributed by atoms with Gasteiger partial charge in [-0.05, 0) is 30.3 Å². The Morgan fingerprint density at radius 2 is 2.38 bits per heavy atom. The normalized spacial score (nSPS) is 13.2. The van der Waals surface area contributed by atoms with Gasteiger partial charge in [0.15, 0.2) is 0 Å². The standard InChI is InChI=1S/C11H15N3OS/c1-7(3-12)4-14-6-13-9-8(2)5-16-10(9)11(14)15/h5-7H,3-4,12H2,1-2H3. The second kappa shape index (κ2) is 4.35. The monoisotopic (exact) mass is 237 g/mol. The number of thiophene rings is 1. The van der Waals surface area contributed by atoms with Gasteiger partial charge in [0.25, 0.3) is 5.56 Å². The van der Waals surface area contributed by atoms with E-state index in [0.717, 1.165) is 15.8 Å². The summed E-state index contributed by atoms with van der Waals surface area (Å²) in [6.45, 7) is 5.21. The van der Waals surface area contributed by atoms with E-state index in [2.05, 4.69) is 4.98 Å². The van der Waals surface area contributed by atoms with Crippen LogP contribution in [0.3, 0.4) is 0 Å². The van der Waals surface area contributed by atoms with Gasteiger partial charge in [-0.3, -0.25) is 9.36 Å². The largest absolute Gasteiger partial charge is 0.330 e. The van der Waals surface area contributed by atoms with E-state index in [9.17, 15) is 4.79 Å². The third kappa shape index (κ3) is 1.88. The summed E-state index contributed by atoms with van der Waals surface area (Å²) in [6.07, 6.45) is 1.62. The van der Waals surface area contributed by atoms with Crippen LogP contribution in [0.1, 0.15) is 12.5 Å². The van der Waals surface area contributed by atoms with E-state index in [1.54, 1.807) is 10.9 Å². The Kier molecular flexibility index (Phi) is 3.07. The van der Waals surface area contributed by atoms with E-state index in [1.165, 1.54) is 11.3 Å². The lowest BCUT2D eigenvalue weighted by Crippen LogP contribution is -2.26. The predicted molar refractivity (Wildman–Crippen MR) is 66.8 cm³/mol. The number of aromatic nitrogens is 2. The average molecular weight is 237 g/mol. The molecule has 1 atom stereocenters. The maximum atomic E-state index is 12.1. The summed E-state index contributed by atoms with van der Waals surface area (Å²) in [7, 11) is 0. The van der Waals surface area contributed by atoms with Gasteiger partial charge in [-0.2, -0.15) is 0 Å². The van der Waals surface area contributed by atoms with Crippen LogP contribution in [0.15, 0.2) is 16.5 Å². The van der Waals surface area contributed by atoms with Gasteiger partial charge >= 0.3 is 0 Å². The molecule has 16 heavy (non-hydrogen) atoms. The Morgan fingerprint density at radius 3 is 3.06 bits per heavy atom. The molecule has 4 nitrogen and oxygen atoms in total. The summed E-state index contributed by atoms with van der Waals surface area (Å²) in [5.74, 6) is 0.290. The molecule has 0 radical (unpaired) electrons. The van der Waals surface area contributed by atoms with E-state index in [4.69, 9.17) is 5.73 Å². The number of nitrogens with zero attached hydrogens (tertiary/aromatic N) is 2. The molecule has 86 valence electrons. The van der Waals surface area contributed by atoms with Crippen molar-refractivity contribution in [1.82, 2.24) is 9.55 Å². The molecule has 1 unspecified atom stereocenters. The quantitative estimate of drug-likeness (QED) is 0.876. The lowest BCUT2D eigenvalue weighted by Gasteiger charge is -2.10. The van der Waals surface area contributed by atoms with Crippen LogP contribution in [-0.4, -0.2) is 16.1 Å². The molecular formula is C11H15N3OS. The molecule has 0 aliphatic rings. The molecule has 2 heterocycles. The van der Waals surface area contributed by atoms with Crippen LogP contribution in [0.4, 0.5) is 0 Å². The number of hydrogen-bond acceptors (Lipinski definition) is 4. The van der Waals surface area contributed by atoms with Crippen molar-refractivity contribution in [3.8, 4) is 0 Å². The first-order valence-electron chi connectivity index (χ1n) is 5.26. The molecule has 5 heteroatoms. The highest BCUT2D eigenvalue weighted by molar-refractivity contribution is 7.17.